The average molecular weight is 266 g/mol. The van der Waals surface area contributed by atoms with Gasteiger partial charge in [0.15, 0.2) is 0 Å². The number of ether oxygens (including phenoxy) is 1. The zero-order valence-electron chi connectivity index (χ0n) is 10.8. The highest BCUT2D eigenvalue weighted by molar-refractivity contribution is 5.37. The molecule has 1 saturated heterocycles. The summed E-state index contributed by atoms with van der Waals surface area (Å²) in [4.78, 5) is 2.28. The van der Waals surface area contributed by atoms with E-state index in [2.05, 4.69) is 18.0 Å². The highest BCUT2D eigenvalue weighted by Crippen LogP contribution is 2.35. The lowest BCUT2D eigenvalue weighted by atomic mass is 9.74. The normalized spacial score (nSPS) is 18.5. The molecular formula is C14H18ClN2O-. The molecule has 1 aliphatic heterocycles. The van der Waals surface area contributed by atoms with Crippen LogP contribution in [0.5, 0.6) is 5.75 Å². The van der Waals surface area contributed by atoms with E-state index in [0.29, 0.717) is 0 Å². The number of hydrogen-bond acceptors (Lipinski definition) is 3. The van der Waals surface area contributed by atoms with E-state index in [4.69, 9.17) is 4.74 Å². The van der Waals surface area contributed by atoms with Gasteiger partial charge in [-0.3, -0.25) is 0 Å². The molecule has 1 heterocycles. The molecule has 0 amide bonds. The molecule has 0 atom stereocenters. The highest BCUT2D eigenvalue weighted by Gasteiger charge is 2.35. The molecule has 0 spiro atoms. The first-order valence-corrected chi connectivity index (χ1v) is 5.94. The summed E-state index contributed by atoms with van der Waals surface area (Å²) in [6, 6.07) is 10.4. The number of piperidine rings is 1. The lowest BCUT2D eigenvalue weighted by molar-refractivity contribution is -0.00000414. The summed E-state index contributed by atoms with van der Waals surface area (Å²) in [5.41, 5.74) is 0.813. The third-order valence-corrected chi connectivity index (χ3v) is 3.70. The van der Waals surface area contributed by atoms with Crippen LogP contribution in [-0.2, 0) is 5.41 Å². The zero-order chi connectivity index (χ0) is 12.3. The van der Waals surface area contributed by atoms with Gasteiger partial charge < -0.3 is 22.0 Å². The molecule has 0 unspecified atom stereocenters. The Balaban J connectivity index is 0.00000162. The molecule has 0 radical (unpaired) electrons. The quantitative estimate of drug-likeness (QED) is 0.702. The summed E-state index contributed by atoms with van der Waals surface area (Å²) in [6.45, 7) is 1.97. The van der Waals surface area contributed by atoms with E-state index >= 15 is 0 Å². The van der Waals surface area contributed by atoms with E-state index in [9.17, 15) is 5.26 Å². The fourth-order valence-electron chi connectivity index (χ4n) is 2.38. The smallest absolute Gasteiger partial charge is 0.118 e. The Kier molecular flexibility index (Phi) is 5.01. The topological polar surface area (TPSA) is 36.3 Å². The molecule has 18 heavy (non-hydrogen) atoms. The minimum Gasteiger partial charge on any atom is -1.00 e. The van der Waals surface area contributed by atoms with Crippen molar-refractivity contribution in [3.8, 4) is 11.8 Å². The average Bonchev–Trinajstić information content (AvgIpc) is 2.40. The number of nitriles is 1. The third kappa shape index (κ3) is 2.77. The summed E-state index contributed by atoms with van der Waals surface area (Å²) in [6.07, 6.45) is 1.82. The SMILES string of the molecule is COc1ccc(C2(C#N)CCN(C)CC2)cc1.[Cl-]. The van der Waals surface area contributed by atoms with Crippen LogP contribution in [-0.4, -0.2) is 32.1 Å². The maximum atomic E-state index is 9.51. The van der Waals surface area contributed by atoms with Crippen LogP contribution in [0.15, 0.2) is 24.3 Å². The predicted octanol–water partition coefficient (Wildman–Crippen LogP) is -0.814. The number of rotatable bonds is 2. The maximum absolute atomic E-state index is 9.51. The molecule has 0 saturated carbocycles. The Labute approximate surface area is 115 Å². The number of hydrogen-bond donors (Lipinski definition) is 0. The summed E-state index contributed by atoms with van der Waals surface area (Å²) in [7, 11) is 3.76. The van der Waals surface area contributed by atoms with Crippen LogP contribution in [0.2, 0.25) is 0 Å². The number of benzene rings is 1. The van der Waals surface area contributed by atoms with Crippen LogP contribution in [0.25, 0.3) is 0 Å². The molecule has 1 aromatic carbocycles. The van der Waals surface area contributed by atoms with E-state index in [1.807, 2.05) is 24.3 Å². The standard InChI is InChI=1S/C14H18N2O.ClH/c1-16-9-7-14(11-15,8-10-16)12-3-5-13(17-2)6-4-12;/h3-6H,7-10H2,1-2H3;1H/p-1. The van der Waals surface area contributed by atoms with Crippen molar-refractivity contribution in [3.05, 3.63) is 29.8 Å². The van der Waals surface area contributed by atoms with Crippen molar-refractivity contribution in [3.63, 3.8) is 0 Å². The molecule has 0 bridgehead atoms. The van der Waals surface area contributed by atoms with Crippen molar-refractivity contribution in [1.29, 1.82) is 5.26 Å². The van der Waals surface area contributed by atoms with Gasteiger partial charge in [-0.15, -0.1) is 0 Å². The lowest BCUT2D eigenvalue weighted by Gasteiger charge is -2.35. The van der Waals surface area contributed by atoms with Gasteiger partial charge in [0.25, 0.3) is 0 Å². The van der Waals surface area contributed by atoms with Gasteiger partial charge in [0.05, 0.1) is 18.6 Å². The van der Waals surface area contributed by atoms with Crippen molar-refractivity contribution in [1.82, 2.24) is 4.90 Å². The van der Waals surface area contributed by atoms with Gasteiger partial charge in [-0.1, -0.05) is 12.1 Å². The van der Waals surface area contributed by atoms with Crippen molar-refractivity contribution in [2.45, 2.75) is 18.3 Å². The van der Waals surface area contributed by atoms with Crippen LogP contribution in [0.1, 0.15) is 18.4 Å². The summed E-state index contributed by atoms with van der Waals surface area (Å²) in [5, 5.41) is 9.51. The van der Waals surface area contributed by atoms with Crippen molar-refractivity contribution < 1.29 is 17.1 Å². The van der Waals surface area contributed by atoms with Crippen LogP contribution in [0.3, 0.4) is 0 Å². The first-order chi connectivity index (χ1) is 8.20. The highest BCUT2D eigenvalue weighted by atomic mass is 35.5. The van der Waals surface area contributed by atoms with Gasteiger partial charge in [0, 0.05) is 0 Å². The molecule has 1 aliphatic rings. The third-order valence-electron chi connectivity index (χ3n) is 3.70. The summed E-state index contributed by atoms with van der Waals surface area (Å²) in [5.74, 6) is 0.842. The van der Waals surface area contributed by atoms with Gasteiger partial charge in [0.2, 0.25) is 0 Å². The van der Waals surface area contributed by atoms with Gasteiger partial charge in [-0.2, -0.15) is 5.26 Å². The molecule has 1 aromatic rings. The molecular weight excluding hydrogens is 248 g/mol. The van der Waals surface area contributed by atoms with Gasteiger partial charge in [0.1, 0.15) is 5.75 Å². The number of likely N-dealkylation sites (tertiary alicyclic amines) is 1. The fraction of sp³-hybridized carbons (Fsp3) is 0.500. The van der Waals surface area contributed by atoms with E-state index in [-0.39, 0.29) is 17.8 Å². The van der Waals surface area contributed by atoms with Gasteiger partial charge >= 0.3 is 0 Å². The Hall–Kier alpha value is -1.24. The predicted molar refractivity (Wildman–Crippen MR) is 67.0 cm³/mol. The number of methoxy groups -OCH3 is 1. The van der Waals surface area contributed by atoms with E-state index in [1.165, 1.54) is 0 Å². The first kappa shape index (κ1) is 14.8. The number of nitrogens with zero attached hydrogens (tertiary/aromatic N) is 2. The minimum atomic E-state index is -0.307. The molecule has 3 nitrogen and oxygen atoms in total. The molecule has 0 N–H and O–H groups in total. The van der Waals surface area contributed by atoms with Crippen LogP contribution >= 0.6 is 0 Å². The Morgan fingerprint density at radius 2 is 1.78 bits per heavy atom. The van der Waals surface area contributed by atoms with Crippen molar-refractivity contribution >= 4 is 0 Å². The Bertz CT molecular complexity index is 416. The molecule has 1 fully saturated rings. The Morgan fingerprint density at radius 1 is 1.22 bits per heavy atom. The second-order valence-electron chi connectivity index (χ2n) is 4.73. The van der Waals surface area contributed by atoms with Gasteiger partial charge in [-0.05, 0) is 50.7 Å². The molecule has 98 valence electrons. The lowest BCUT2D eigenvalue weighted by Crippen LogP contribution is -3.00. The second kappa shape index (κ2) is 6.08. The van der Waals surface area contributed by atoms with E-state index < -0.39 is 0 Å². The van der Waals surface area contributed by atoms with Crippen molar-refractivity contribution in [2.24, 2.45) is 0 Å². The summed E-state index contributed by atoms with van der Waals surface area (Å²) >= 11 is 0. The van der Waals surface area contributed by atoms with Crippen molar-refractivity contribution in [2.75, 3.05) is 27.2 Å². The zero-order valence-corrected chi connectivity index (χ0v) is 11.6. The number of halogens is 1. The Morgan fingerprint density at radius 3 is 2.22 bits per heavy atom. The van der Waals surface area contributed by atoms with E-state index in [0.717, 1.165) is 37.2 Å². The second-order valence-corrected chi connectivity index (χ2v) is 4.73. The van der Waals surface area contributed by atoms with Crippen LogP contribution < -0.4 is 17.1 Å². The first-order valence-electron chi connectivity index (χ1n) is 5.94. The molecule has 0 aliphatic carbocycles. The van der Waals surface area contributed by atoms with Gasteiger partial charge in [-0.25, -0.2) is 0 Å². The molecule has 2 rings (SSSR count). The fourth-order valence-corrected chi connectivity index (χ4v) is 2.38. The maximum Gasteiger partial charge on any atom is 0.118 e. The molecule has 0 aromatic heterocycles. The largest absolute Gasteiger partial charge is 1.00 e. The van der Waals surface area contributed by atoms with E-state index in [1.54, 1.807) is 7.11 Å². The summed E-state index contributed by atoms with van der Waals surface area (Å²) < 4.78 is 5.15. The van der Waals surface area contributed by atoms with Crippen LogP contribution in [0, 0.1) is 11.3 Å². The van der Waals surface area contributed by atoms with Crippen LogP contribution in [0.4, 0.5) is 0 Å². The minimum absolute atomic E-state index is 0. The molecule has 4 heteroatoms. The monoisotopic (exact) mass is 265 g/mol.